The number of furan rings is 1. The SMILES string of the molecule is O=C(NCc1cccc(-c2ccc(C(F)(F)F)cn2)c1)[C@@H]1CCCN1S(=O)(=O)c1cc2cc(F)ccc2o1. The highest BCUT2D eigenvalue weighted by Crippen LogP contribution is 2.31. The third kappa shape index (κ3) is 5.14. The first-order valence-corrected chi connectivity index (χ1v) is 13.1. The molecule has 2 aromatic carbocycles. The van der Waals surface area contributed by atoms with Gasteiger partial charge in [-0.05, 0) is 54.8 Å². The van der Waals surface area contributed by atoms with Crippen molar-refractivity contribution in [3.8, 4) is 11.3 Å². The van der Waals surface area contributed by atoms with Crippen molar-refractivity contribution < 1.29 is 35.2 Å². The number of pyridine rings is 1. The van der Waals surface area contributed by atoms with Gasteiger partial charge in [0.25, 0.3) is 10.0 Å². The summed E-state index contributed by atoms with van der Waals surface area (Å²) in [6.45, 7) is 0.197. The van der Waals surface area contributed by atoms with E-state index < -0.39 is 39.5 Å². The van der Waals surface area contributed by atoms with E-state index in [1.807, 2.05) is 0 Å². The van der Waals surface area contributed by atoms with Gasteiger partial charge in [0, 0.05) is 36.3 Å². The molecule has 1 fully saturated rings. The average molecular weight is 548 g/mol. The summed E-state index contributed by atoms with van der Waals surface area (Å²) in [5, 5.41) is 2.67. The number of rotatable bonds is 6. The molecule has 0 saturated carbocycles. The van der Waals surface area contributed by atoms with Gasteiger partial charge in [0.05, 0.1) is 11.3 Å². The third-order valence-electron chi connectivity index (χ3n) is 6.31. The van der Waals surface area contributed by atoms with Crippen molar-refractivity contribution in [2.24, 2.45) is 0 Å². The van der Waals surface area contributed by atoms with E-state index in [2.05, 4.69) is 10.3 Å². The van der Waals surface area contributed by atoms with Crippen LogP contribution in [0.5, 0.6) is 0 Å². The van der Waals surface area contributed by atoms with Crippen molar-refractivity contribution in [1.29, 1.82) is 0 Å². The zero-order chi connectivity index (χ0) is 27.1. The van der Waals surface area contributed by atoms with E-state index in [4.69, 9.17) is 4.42 Å². The lowest BCUT2D eigenvalue weighted by Crippen LogP contribution is -2.45. The highest BCUT2D eigenvalue weighted by atomic mass is 32.2. The van der Waals surface area contributed by atoms with Crippen LogP contribution in [0.3, 0.4) is 0 Å². The number of alkyl halides is 3. The number of hydrogen-bond acceptors (Lipinski definition) is 5. The fourth-order valence-electron chi connectivity index (χ4n) is 4.40. The Balaban J connectivity index is 1.28. The Bertz CT molecular complexity index is 1600. The van der Waals surface area contributed by atoms with Crippen LogP contribution in [0.1, 0.15) is 24.0 Å². The molecule has 7 nitrogen and oxygen atoms in total. The van der Waals surface area contributed by atoms with Crippen LogP contribution in [0.15, 0.2) is 76.4 Å². The minimum Gasteiger partial charge on any atom is -0.443 e. The molecule has 0 spiro atoms. The van der Waals surface area contributed by atoms with Crippen molar-refractivity contribution in [2.45, 2.75) is 36.7 Å². The van der Waals surface area contributed by atoms with Gasteiger partial charge in [-0.1, -0.05) is 18.2 Å². The number of amides is 1. The molecule has 2 aromatic heterocycles. The largest absolute Gasteiger partial charge is 0.443 e. The average Bonchev–Trinajstić information content (AvgIpc) is 3.55. The van der Waals surface area contributed by atoms with Gasteiger partial charge in [-0.25, -0.2) is 12.8 Å². The van der Waals surface area contributed by atoms with Crippen LogP contribution in [-0.2, 0) is 27.5 Å². The Morgan fingerprint density at radius 1 is 1.11 bits per heavy atom. The Morgan fingerprint density at radius 2 is 1.92 bits per heavy atom. The van der Waals surface area contributed by atoms with Crippen LogP contribution in [-0.4, -0.2) is 36.2 Å². The summed E-state index contributed by atoms with van der Waals surface area (Å²) in [5.41, 5.74) is 0.925. The predicted molar refractivity (Wildman–Crippen MR) is 130 cm³/mol. The van der Waals surface area contributed by atoms with Crippen LogP contribution in [0.4, 0.5) is 17.6 Å². The topological polar surface area (TPSA) is 92.5 Å². The number of sulfonamides is 1. The van der Waals surface area contributed by atoms with Crippen molar-refractivity contribution in [2.75, 3.05) is 6.54 Å². The minimum atomic E-state index is -4.48. The lowest BCUT2D eigenvalue weighted by Gasteiger charge is -2.22. The minimum absolute atomic E-state index is 0.0710. The molecule has 0 bridgehead atoms. The Kier molecular flexibility index (Phi) is 6.70. The maximum atomic E-state index is 13.5. The second-order valence-corrected chi connectivity index (χ2v) is 10.7. The van der Waals surface area contributed by atoms with Crippen LogP contribution in [0, 0.1) is 5.82 Å². The molecular weight excluding hydrogens is 526 g/mol. The second-order valence-electron chi connectivity index (χ2n) is 8.87. The fraction of sp³-hybridized carbons (Fsp3) is 0.231. The summed E-state index contributed by atoms with van der Waals surface area (Å²) in [5.74, 6) is -1.02. The Hall–Kier alpha value is -3.77. The maximum absolute atomic E-state index is 13.5. The molecule has 1 amide bonds. The third-order valence-corrected chi connectivity index (χ3v) is 8.07. The van der Waals surface area contributed by atoms with Crippen molar-refractivity contribution >= 4 is 26.9 Å². The number of benzene rings is 2. The molecule has 5 rings (SSSR count). The van der Waals surface area contributed by atoms with Crippen LogP contribution >= 0.6 is 0 Å². The zero-order valence-corrected chi connectivity index (χ0v) is 20.5. The molecule has 1 aliphatic rings. The number of carbonyl (C=O) groups is 1. The number of hydrogen-bond donors (Lipinski definition) is 1. The maximum Gasteiger partial charge on any atom is 0.417 e. The molecule has 1 saturated heterocycles. The molecule has 0 unspecified atom stereocenters. The molecule has 1 atom stereocenters. The van der Waals surface area contributed by atoms with E-state index >= 15 is 0 Å². The van der Waals surface area contributed by atoms with Gasteiger partial charge in [-0.2, -0.15) is 17.5 Å². The molecular formula is C26H21F4N3O4S. The number of halogens is 4. The number of fused-ring (bicyclic) bond motifs is 1. The van der Waals surface area contributed by atoms with Crippen molar-refractivity contribution in [3.63, 3.8) is 0 Å². The van der Waals surface area contributed by atoms with E-state index in [1.165, 1.54) is 24.3 Å². The van der Waals surface area contributed by atoms with Gasteiger partial charge in [-0.3, -0.25) is 9.78 Å². The van der Waals surface area contributed by atoms with Gasteiger partial charge < -0.3 is 9.73 Å². The van der Waals surface area contributed by atoms with Gasteiger partial charge >= 0.3 is 6.18 Å². The van der Waals surface area contributed by atoms with E-state index in [1.54, 1.807) is 24.3 Å². The predicted octanol–water partition coefficient (Wildman–Crippen LogP) is 5.12. The van der Waals surface area contributed by atoms with Crippen LogP contribution in [0.25, 0.3) is 22.2 Å². The first-order chi connectivity index (χ1) is 18.0. The first-order valence-electron chi connectivity index (χ1n) is 11.6. The molecule has 3 heterocycles. The quantitative estimate of drug-likeness (QED) is 0.338. The summed E-state index contributed by atoms with van der Waals surface area (Å²) in [6, 6.07) is 13.0. The number of nitrogens with one attached hydrogen (secondary N) is 1. The van der Waals surface area contributed by atoms with Gasteiger partial charge in [-0.15, -0.1) is 0 Å². The number of aromatic nitrogens is 1. The molecule has 38 heavy (non-hydrogen) atoms. The highest BCUT2D eigenvalue weighted by molar-refractivity contribution is 7.89. The van der Waals surface area contributed by atoms with E-state index in [9.17, 15) is 30.8 Å². The molecule has 12 heteroatoms. The van der Waals surface area contributed by atoms with Crippen LogP contribution < -0.4 is 5.32 Å². The molecule has 198 valence electrons. The van der Waals surface area contributed by atoms with E-state index in [0.717, 1.165) is 22.6 Å². The molecule has 1 N–H and O–H groups in total. The number of nitrogens with zero attached hydrogens (tertiary/aromatic N) is 2. The van der Waals surface area contributed by atoms with Gasteiger partial charge in [0.2, 0.25) is 11.0 Å². The normalized spacial score (nSPS) is 16.7. The standard InChI is InChI=1S/C26H21F4N3O4S/c27-20-7-9-23-18(12-20)13-24(37-23)38(35,36)33-10-2-5-22(33)25(34)32-14-16-3-1-4-17(11-16)21-8-6-19(15-31-21)26(28,29)30/h1,3-4,6-9,11-13,15,22H,2,5,10,14H2,(H,32,34)/t22-/m0/s1. The summed E-state index contributed by atoms with van der Waals surface area (Å²) >= 11 is 0. The highest BCUT2D eigenvalue weighted by Gasteiger charge is 2.41. The molecule has 1 aliphatic heterocycles. The van der Waals surface area contributed by atoms with Gasteiger partial charge in [0.1, 0.15) is 17.4 Å². The van der Waals surface area contributed by atoms with Crippen molar-refractivity contribution in [1.82, 2.24) is 14.6 Å². The lowest BCUT2D eigenvalue weighted by molar-refractivity contribution is -0.137. The lowest BCUT2D eigenvalue weighted by atomic mass is 10.1. The zero-order valence-electron chi connectivity index (χ0n) is 19.7. The first kappa shape index (κ1) is 25.9. The summed E-state index contributed by atoms with van der Waals surface area (Å²) in [7, 11) is -4.15. The second kappa shape index (κ2) is 9.84. The molecule has 4 aromatic rings. The molecule has 0 radical (unpaired) electrons. The fourth-order valence-corrected chi connectivity index (χ4v) is 6.01. The summed E-state index contributed by atoms with van der Waals surface area (Å²) < 4.78 is 85.0. The monoisotopic (exact) mass is 547 g/mol. The summed E-state index contributed by atoms with van der Waals surface area (Å²) in [4.78, 5) is 16.9. The number of carbonyl (C=O) groups excluding carboxylic acids is 1. The Morgan fingerprint density at radius 3 is 2.66 bits per heavy atom. The van der Waals surface area contributed by atoms with E-state index in [0.29, 0.717) is 35.0 Å². The van der Waals surface area contributed by atoms with Gasteiger partial charge in [0.15, 0.2) is 0 Å². The van der Waals surface area contributed by atoms with E-state index in [-0.39, 0.29) is 23.8 Å². The summed E-state index contributed by atoms with van der Waals surface area (Å²) in [6.07, 6.45) is -2.93. The Labute approximate surface area is 215 Å². The van der Waals surface area contributed by atoms with Crippen LogP contribution in [0.2, 0.25) is 0 Å². The molecule has 0 aliphatic carbocycles. The van der Waals surface area contributed by atoms with Crippen molar-refractivity contribution in [3.05, 3.63) is 83.8 Å². The smallest absolute Gasteiger partial charge is 0.417 e.